The van der Waals surface area contributed by atoms with Crippen LogP contribution in [0.5, 0.6) is 0 Å². The summed E-state index contributed by atoms with van der Waals surface area (Å²) in [6, 6.07) is 0. The first-order valence-corrected chi connectivity index (χ1v) is 6.41. The Morgan fingerprint density at radius 2 is 2.14 bits per heavy atom. The first-order valence-electron chi connectivity index (χ1n) is 5.01. The van der Waals surface area contributed by atoms with Gasteiger partial charge in [0, 0.05) is 13.2 Å². The zero-order valence-electron chi connectivity index (χ0n) is 8.62. The number of ether oxygens (including phenoxy) is 1. The predicted octanol–water partition coefficient (Wildman–Crippen LogP) is 2.01. The highest BCUT2D eigenvalue weighted by molar-refractivity contribution is 7.98. The van der Waals surface area contributed by atoms with E-state index in [9.17, 15) is 9.90 Å². The summed E-state index contributed by atoms with van der Waals surface area (Å²) in [6.07, 6.45) is 5.20. The van der Waals surface area contributed by atoms with Crippen molar-refractivity contribution in [3.63, 3.8) is 0 Å². The van der Waals surface area contributed by atoms with E-state index < -0.39 is 11.4 Å². The van der Waals surface area contributed by atoms with Crippen LogP contribution in [0.4, 0.5) is 0 Å². The highest BCUT2D eigenvalue weighted by atomic mass is 32.2. The number of carbonyl (C=O) groups is 1. The number of rotatable bonds is 5. The molecule has 0 aromatic heterocycles. The standard InChI is InChI=1S/C10H18O3S/c1-14-8-2-3-10(9(11)12)4-6-13-7-5-10/h2-8H2,1H3,(H,11,12). The van der Waals surface area contributed by atoms with E-state index in [0.717, 1.165) is 18.6 Å². The van der Waals surface area contributed by atoms with Gasteiger partial charge < -0.3 is 9.84 Å². The van der Waals surface area contributed by atoms with Crippen molar-refractivity contribution in [3.05, 3.63) is 0 Å². The number of carboxylic acids is 1. The second-order valence-corrected chi connectivity index (χ2v) is 4.78. The monoisotopic (exact) mass is 218 g/mol. The summed E-state index contributed by atoms with van der Waals surface area (Å²) >= 11 is 1.78. The summed E-state index contributed by atoms with van der Waals surface area (Å²) in [6.45, 7) is 1.21. The molecule has 0 bridgehead atoms. The molecule has 1 saturated heterocycles. The molecule has 1 heterocycles. The molecule has 0 radical (unpaired) electrons. The lowest BCUT2D eigenvalue weighted by Crippen LogP contribution is -2.37. The summed E-state index contributed by atoms with van der Waals surface area (Å²) in [4.78, 5) is 11.2. The van der Waals surface area contributed by atoms with Crippen molar-refractivity contribution in [1.82, 2.24) is 0 Å². The van der Waals surface area contributed by atoms with Crippen LogP contribution < -0.4 is 0 Å². The average Bonchev–Trinajstić information content (AvgIpc) is 2.19. The van der Waals surface area contributed by atoms with E-state index >= 15 is 0 Å². The zero-order valence-corrected chi connectivity index (χ0v) is 9.44. The van der Waals surface area contributed by atoms with Gasteiger partial charge in [0.25, 0.3) is 0 Å². The van der Waals surface area contributed by atoms with E-state index in [4.69, 9.17) is 4.74 Å². The van der Waals surface area contributed by atoms with Crippen LogP contribution in [0.3, 0.4) is 0 Å². The lowest BCUT2D eigenvalue weighted by molar-refractivity contribution is -0.155. The van der Waals surface area contributed by atoms with Crippen LogP contribution in [0.15, 0.2) is 0 Å². The number of carboxylic acid groups (broad SMARTS) is 1. The average molecular weight is 218 g/mol. The Morgan fingerprint density at radius 1 is 1.50 bits per heavy atom. The van der Waals surface area contributed by atoms with Gasteiger partial charge >= 0.3 is 5.97 Å². The smallest absolute Gasteiger partial charge is 0.309 e. The quantitative estimate of drug-likeness (QED) is 0.717. The van der Waals surface area contributed by atoms with Gasteiger partial charge in [-0.2, -0.15) is 11.8 Å². The molecule has 1 aliphatic rings. The minimum Gasteiger partial charge on any atom is -0.481 e. The Bertz CT molecular complexity index is 188. The Hall–Kier alpha value is -0.220. The van der Waals surface area contributed by atoms with Crippen molar-refractivity contribution in [1.29, 1.82) is 0 Å². The maximum Gasteiger partial charge on any atom is 0.309 e. The zero-order chi connectivity index (χ0) is 10.4. The highest BCUT2D eigenvalue weighted by Gasteiger charge is 2.39. The number of aliphatic carboxylic acids is 1. The molecule has 4 heteroatoms. The van der Waals surface area contributed by atoms with Gasteiger partial charge in [-0.15, -0.1) is 0 Å². The van der Waals surface area contributed by atoms with Gasteiger partial charge in [-0.3, -0.25) is 4.79 Å². The molecule has 14 heavy (non-hydrogen) atoms. The molecule has 0 spiro atoms. The second kappa shape index (κ2) is 5.61. The third-order valence-electron chi connectivity index (χ3n) is 2.91. The molecule has 1 fully saturated rings. The third kappa shape index (κ3) is 2.89. The molecule has 0 atom stereocenters. The van der Waals surface area contributed by atoms with Crippen molar-refractivity contribution >= 4 is 17.7 Å². The lowest BCUT2D eigenvalue weighted by Gasteiger charge is -2.33. The fourth-order valence-corrected chi connectivity index (χ4v) is 2.32. The van der Waals surface area contributed by atoms with E-state index in [1.165, 1.54) is 0 Å². The first-order chi connectivity index (χ1) is 6.71. The van der Waals surface area contributed by atoms with E-state index in [1.807, 2.05) is 0 Å². The van der Waals surface area contributed by atoms with Crippen molar-refractivity contribution in [2.75, 3.05) is 25.2 Å². The SMILES string of the molecule is CSCCCC1(C(=O)O)CCOCC1. The topological polar surface area (TPSA) is 46.5 Å². The summed E-state index contributed by atoms with van der Waals surface area (Å²) in [5.74, 6) is 0.414. The largest absolute Gasteiger partial charge is 0.481 e. The van der Waals surface area contributed by atoms with Crippen LogP contribution in [-0.4, -0.2) is 36.3 Å². The van der Waals surface area contributed by atoms with Gasteiger partial charge in [-0.25, -0.2) is 0 Å². The van der Waals surface area contributed by atoms with Crippen LogP contribution >= 0.6 is 11.8 Å². The van der Waals surface area contributed by atoms with Crippen molar-refractivity contribution in [2.45, 2.75) is 25.7 Å². The lowest BCUT2D eigenvalue weighted by atomic mass is 9.77. The molecule has 0 aliphatic carbocycles. The van der Waals surface area contributed by atoms with Crippen LogP contribution in [0.2, 0.25) is 0 Å². The molecule has 0 amide bonds. The highest BCUT2D eigenvalue weighted by Crippen LogP contribution is 2.35. The Labute approximate surface area is 89.2 Å². The van der Waals surface area contributed by atoms with Crippen LogP contribution in [0.25, 0.3) is 0 Å². The summed E-state index contributed by atoms with van der Waals surface area (Å²) in [5.41, 5.74) is -0.492. The van der Waals surface area contributed by atoms with Gasteiger partial charge in [-0.05, 0) is 37.7 Å². The molecule has 1 N–H and O–H groups in total. The fraction of sp³-hybridized carbons (Fsp3) is 0.900. The minimum atomic E-state index is -0.637. The van der Waals surface area contributed by atoms with E-state index in [-0.39, 0.29) is 0 Å². The number of hydrogen-bond acceptors (Lipinski definition) is 3. The van der Waals surface area contributed by atoms with Gasteiger partial charge in [0.2, 0.25) is 0 Å². The number of hydrogen-bond donors (Lipinski definition) is 1. The molecular formula is C10H18O3S. The molecule has 82 valence electrons. The maximum atomic E-state index is 11.2. The summed E-state index contributed by atoms with van der Waals surface area (Å²) in [7, 11) is 0. The molecule has 1 rings (SSSR count). The minimum absolute atomic E-state index is 0.492. The Balaban J connectivity index is 2.47. The van der Waals surface area contributed by atoms with Gasteiger partial charge in [0.05, 0.1) is 5.41 Å². The van der Waals surface area contributed by atoms with E-state index in [2.05, 4.69) is 6.26 Å². The van der Waals surface area contributed by atoms with E-state index in [1.54, 1.807) is 11.8 Å². The normalized spacial score (nSPS) is 20.6. The van der Waals surface area contributed by atoms with Crippen LogP contribution in [-0.2, 0) is 9.53 Å². The van der Waals surface area contributed by atoms with Crippen LogP contribution in [0.1, 0.15) is 25.7 Å². The van der Waals surface area contributed by atoms with Gasteiger partial charge in [0.1, 0.15) is 0 Å². The van der Waals surface area contributed by atoms with Crippen molar-refractivity contribution in [3.8, 4) is 0 Å². The fourth-order valence-electron chi connectivity index (χ4n) is 1.89. The summed E-state index contributed by atoms with van der Waals surface area (Å²) in [5, 5.41) is 9.23. The Kier molecular flexibility index (Phi) is 4.75. The van der Waals surface area contributed by atoms with Gasteiger partial charge in [0.15, 0.2) is 0 Å². The van der Waals surface area contributed by atoms with Crippen molar-refractivity contribution < 1.29 is 14.6 Å². The van der Waals surface area contributed by atoms with Crippen LogP contribution in [0, 0.1) is 5.41 Å². The molecule has 0 aromatic carbocycles. The van der Waals surface area contributed by atoms with E-state index in [0.29, 0.717) is 26.1 Å². The molecule has 0 unspecified atom stereocenters. The molecule has 0 saturated carbocycles. The maximum absolute atomic E-state index is 11.2. The second-order valence-electron chi connectivity index (χ2n) is 3.79. The third-order valence-corrected chi connectivity index (χ3v) is 3.60. The molecule has 3 nitrogen and oxygen atoms in total. The Morgan fingerprint density at radius 3 is 2.64 bits per heavy atom. The van der Waals surface area contributed by atoms with Crippen molar-refractivity contribution in [2.24, 2.45) is 5.41 Å². The van der Waals surface area contributed by atoms with Gasteiger partial charge in [-0.1, -0.05) is 0 Å². The molecule has 0 aromatic rings. The molecular weight excluding hydrogens is 200 g/mol. The summed E-state index contributed by atoms with van der Waals surface area (Å²) < 4.78 is 5.21. The number of thioether (sulfide) groups is 1. The molecule has 1 aliphatic heterocycles. The first kappa shape index (κ1) is 11.9. The predicted molar refractivity (Wildman–Crippen MR) is 57.7 cm³/mol.